The third-order valence-corrected chi connectivity index (χ3v) is 3.51. The van der Waals surface area contributed by atoms with Crippen molar-refractivity contribution >= 4 is 5.97 Å². The van der Waals surface area contributed by atoms with Gasteiger partial charge in [0.2, 0.25) is 0 Å². The van der Waals surface area contributed by atoms with Crippen molar-refractivity contribution in [2.24, 2.45) is 5.41 Å². The zero-order valence-electron chi connectivity index (χ0n) is 12.7. The summed E-state index contributed by atoms with van der Waals surface area (Å²) in [6, 6.07) is 0. The highest BCUT2D eigenvalue weighted by Crippen LogP contribution is 2.33. The van der Waals surface area contributed by atoms with E-state index in [1.54, 1.807) is 0 Å². The van der Waals surface area contributed by atoms with Gasteiger partial charge in [-0.2, -0.15) is 0 Å². The molecule has 108 valence electrons. The quantitative estimate of drug-likeness (QED) is 0.564. The average molecular weight is 267 g/mol. The van der Waals surface area contributed by atoms with E-state index in [-0.39, 0.29) is 11.4 Å². The second kappa shape index (κ2) is 6.40. The lowest BCUT2D eigenvalue weighted by atomic mass is 9.78. The predicted molar refractivity (Wildman–Crippen MR) is 74.7 cm³/mol. The van der Waals surface area contributed by atoms with E-state index < -0.39 is 5.60 Å². The predicted octanol–water partition coefficient (Wildman–Crippen LogP) is 1.69. The molecule has 1 fully saturated rings. The van der Waals surface area contributed by atoms with Crippen LogP contribution in [0.15, 0.2) is 0 Å². The van der Waals surface area contributed by atoms with Crippen molar-refractivity contribution in [2.75, 3.05) is 32.8 Å². The molecule has 0 aliphatic carbocycles. The first-order valence-corrected chi connectivity index (χ1v) is 6.74. The van der Waals surface area contributed by atoms with Gasteiger partial charge in [-0.25, -0.2) is 0 Å². The molecule has 4 heteroatoms. The van der Waals surface area contributed by atoms with E-state index in [2.05, 4.69) is 16.7 Å². The Bertz CT molecular complexity index is 369. The molecule has 19 heavy (non-hydrogen) atoms. The largest absolute Gasteiger partial charge is 0.446 e. The van der Waals surface area contributed by atoms with E-state index >= 15 is 0 Å². The van der Waals surface area contributed by atoms with Crippen LogP contribution in [0.3, 0.4) is 0 Å². The van der Waals surface area contributed by atoms with Crippen molar-refractivity contribution in [3.05, 3.63) is 0 Å². The van der Waals surface area contributed by atoms with Gasteiger partial charge in [-0.1, -0.05) is 32.6 Å². The van der Waals surface area contributed by atoms with Gasteiger partial charge in [-0.05, 0) is 6.92 Å². The number of hydrogen-bond acceptors (Lipinski definition) is 4. The number of carbonyl (C=O) groups is 1. The molecule has 0 N–H and O–H groups in total. The summed E-state index contributed by atoms with van der Waals surface area (Å²) >= 11 is 0. The Hall–Kier alpha value is -1.05. The summed E-state index contributed by atoms with van der Waals surface area (Å²) in [6.07, 6.45) is 0. The molecule has 0 aromatic carbocycles. The SMILES string of the molecule is CC(=O)O[C@](C)(C#CCN1CCOCC1)C(C)(C)C. The lowest BCUT2D eigenvalue weighted by molar-refractivity contribution is -0.158. The first kappa shape index (κ1) is 16.0. The Morgan fingerprint density at radius 3 is 2.32 bits per heavy atom. The van der Waals surface area contributed by atoms with Crippen molar-refractivity contribution in [3.8, 4) is 11.8 Å². The Labute approximate surface area is 116 Å². The molecular formula is C15H25NO3. The second-order valence-electron chi connectivity index (χ2n) is 6.07. The maximum Gasteiger partial charge on any atom is 0.304 e. The lowest BCUT2D eigenvalue weighted by Crippen LogP contribution is -2.43. The summed E-state index contributed by atoms with van der Waals surface area (Å²) in [7, 11) is 0. The van der Waals surface area contributed by atoms with Gasteiger partial charge in [0.15, 0.2) is 5.60 Å². The third kappa shape index (κ3) is 4.85. The molecule has 0 radical (unpaired) electrons. The maximum absolute atomic E-state index is 11.3. The first-order chi connectivity index (χ1) is 8.74. The van der Waals surface area contributed by atoms with E-state index in [0.29, 0.717) is 6.54 Å². The van der Waals surface area contributed by atoms with Crippen LogP contribution in [-0.4, -0.2) is 49.3 Å². The number of ether oxygens (including phenoxy) is 2. The summed E-state index contributed by atoms with van der Waals surface area (Å²) in [6.45, 7) is 13.4. The molecular weight excluding hydrogens is 242 g/mol. The van der Waals surface area contributed by atoms with Crippen LogP contribution >= 0.6 is 0 Å². The minimum Gasteiger partial charge on any atom is -0.446 e. The molecule has 1 aliphatic rings. The van der Waals surface area contributed by atoms with E-state index in [0.717, 1.165) is 26.3 Å². The lowest BCUT2D eigenvalue weighted by Gasteiger charge is -2.36. The molecule has 4 nitrogen and oxygen atoms in total. The minimum absolute atomic E-state index is 0.226. The Kier molecular flexibility index (Phi) is 5.39. The molecule has 0 saturated carbocycles. The summed E-state index contributed by atoms with van der Waals surface area (Å²) in [5, 5.41) is 0. The highest BCUT2D eigenvalue weighted by molar-refractivity contribution is 5.67. The van der Waals surface area contributed by atoms with Gasteiger partial charge >= 0.3 is 5.97 Å². The zero-order valence-corrected chi connectivity index (χ0v) is 12.7. The monoisotopic (exact) mass is 267 g/mol. The first-order valence-electron chi connectivity index (χ1n) is 6.74. The molecule has 1 rings (SSSR count). The van der Waals surface area contributed by atoms with Crippen molar-refractivity contribution in [1.29, 1.82) is 0 Å². The number of hydrogen-bond donors (Lipinski definition) is 0. The minimum atomic E-state index is -0.759. The number of nitrogens with zero attached hydrogens (tertiary/aromatic N) is 1. The molecule has 0 amide bonds. The normalized spacial score (nSPS) is 20.1. The van der Waals surface area contributed by atoms with Crippen LogP contribution in [0, 0.1) is 17.3 Å². The Morgan fingerprint density at radius 2 is 1.84 bits per heavy atom. The topological polar surface area (TPSA) is 38.8 Å². The molecule has 0 aromatic heterocycles. The van der Waals surface area contributed by atoms with Gasteiger partial charge in [-0.15, -0.1) is 0 Å². The van der Waals surface area contributed by atoms with Crippen LogP contribution in [-0.2, 0) is 14.3 Å². The van der Waals surface area contributed by atoms with Crippen molar-refractivity contribution in [2.45, 2.75) is 40.2 Å². The molecule has 1 atom stereocenters. The summed E-state index contributed by atoms with van der Waals surface area (Å²) in [5.74, 6) is 6.00. The second-order valence-corrected chi connectivity index (χ2v) is 6.07. The summed E-state index contributed by atoms with van der Waals surface area (Å²) in [5.41, 5.74) is -0.984. The number of carbonyl (C=O) groups excluding carboxylic acids is 1. The van der Waals surface area contributed by atoms with Gasteiger partial charge in [0.25, 0.3) is 0 Å². The Morgan fingerprint density at radius 1 is 1.26 bits per heavy atom. The van der Waals surface area contributed by atoms with Crippen LogP contribution < -0.4 is 0 Å². The van der Waals surface area contributed by atoms with Gasteiger partial charge in [0.1, 0.15) is 0 Å². The van der Waals surface area contributed by atoms with Crippen LogP contribution in [0.25, 0.3) is 0 Å². The van der Waals surface area contributed by atoms with Crippen molar-refractivity contribution in [1.82, 2.24) is 4.90 Å². The molecule has 0 aromatic rings. The number of esters is 1. The maximum atomic E-state index is 11.3. The van der Waals surface area contributed by atoms with Gasteiger partial charge < -0.3 is 9.47 Å². The van der Waals surface area contributed by atoms with Crippen molar-refractivity contribution < 1.29 is 14.3 Å². The van der Waals surface area contributed by atoms with Crippen LogP contribution in [0.2, 0.25) is 0 Å². The van der Waals surface area contributed by atoms with Crippen molar-refractivity contribution in [3.63, 3.8) is 0 Å². The van der Waals surface area contributed by atoms with Crippen LogP contribution in [0.4, 0.5) is 0 Å². The van der Waals surface area contributed by atoms with Crippen LogP contribution in [0.1, 0.15) is 34.6 Å². The zero-order chi connectivity index (χ0) is 14.5. The molecule has 0 spiro atoms. The van der Waals surface area contributed by atoms with Crippen LogP contribution in [0.5, 0.6) is 0 Å². The summed E-state index contributed by atoms with van der Waals surface area (Å²) < 4.78 is 10.7. The smallest absolute Gasteiger partial charge is 0.304 e. The van der Waals surface area contributed by atoms with E-state index in [1.165, 1.54) is 6.92 Å². The Balaban J connectivity index is 2.69. The fourth-order valence-corrected chi connectivity index (χ4v) is 1.73. The average Bonchev–Trinajstić information content (AvgIpc) is 2.28. The molecule has 0 bridgehead atoms. The third-order valence-electron chi connectivity index (χ3n) is 3.51. The van der Waals surface area contributed by atoms with E-state index in [1.807, 2.05) is 27.7 Å². The highest BCUT2D eigenvalue weighted by atomic mass is 16.6. The fraction of sp³-hybridized carbons (Fsp3) is 0.800. The fourth-order valence-electron chi connectivity index (χ4n) is 1.73. The number of rotatable bonds is 2. The van der Waals surface area contributed by atoms with Gasteiger partial charge in [0, 0.05) is 25.4 Å². The summed E-state index contributed by atoms with van der Waals surface area (Å²) in [4.78, 5) is 13.5. The highest BCUT2D eigenvalue weighted by Gasteiger charge is 2.39. The number of morpholine rings is 1. The van der Waals surface area contributed by atoms with Gasteiger partial charge in [-0.3, -0.25) is 9.69 Å². The molecule has 1 aliphatic heterocycles. The van der Waals surface area contributed by atoms with Gasteiger partial charge in [0.05, 0.1) is 19.8 Å². The molecule has 1 saturated heterocycles. The molecule has 0 unspecified atom stereocenters. The van der Waals surface area contributed by atoms with E-state index in [4.69, 9.17) is 9.47 Å². The standard InChI is InChI=1S/C15H25NO3/c1-13(17)19-15(5,14(2,3)4)7-6-8-16-9-11-18-12-10-16/h8-12H2,1-5H3/t15-/m1/s1. The van der Waals surface area contributed by atoms with E-state index in [9.17, 15) is 4.79 Å². The molecule has 1 heterocycles.